The minimum Gasteiger partial charge on any atom is -0.459 e. The maximum absolute atomic E-state index is 13.2. The minimum absolute atomic E-state index is 0.00722. The Hall–Kier alpha value is -2.68. The second-order valence-corrected chi connectivity index (χ2v) is 13.7. The Bertz CT molecular complexity index is 1470. The third kappa shape index (κ3) is 4.81. The number of primary sulfonamides is 1. The molecule has 0 bridgehead atoms. The van der Waals surface area contributed by atoms with Crippen LogP contribution in [0.3, 0.4) is 0 Å². The predicted octanol–water partition coefficient (Wildman–Crippen LogP) is 5.58. The van der Waals surface area contributed by atoms with Crippen molar-refractivity contribution in [1.82, 2.24) is 0 Å². The topological polar surface area (TPSA) is 113 Å². The molecule has 2 fully saturated rings. The molecule has 2 N–H and O–H groups in total. The molecule has 0 heterocycles. The lowest BCUT2D eigenvalue weighted by Crippen LogP contribution is -2.52. The van der Waals surface area contributed by atoms with E-state index >= 15 is 0 Å². The average Bonchev–Trinajstić information content (AvgIpc) is 3.18. The summed E-state index contributed by atoms with van der Waals surface area (Å²) in [7, 11) is -3.99. The first-order chi connectivity index (χ1) is 18.3. The van der Waals surface area contributed by atoms with E-state index in [0.29, 0.717) is 29.9 Å². The smallest absolute Gasteiger partial charge is 0.339 e. The second kappa shape index (κ2) is 9.75. The molecule has 0 amide bonds. The third-order valence-corrected chi connectivity index (χ3v) is 10.6. The molecule has 7 nitrogen and oxygen atoms in total. The molecule has 0 radical (unpaired) electrons. The van der Waals surface area contributed by atoms with Gasteiger partial charge in [-0.15, -0.1) is 6.58 Å². The monoisotopic (exact) mass is 571 g/mol. The summed E-state index contributed by atoms with van der Waals surface area (Å²) < 4.78 is 34.9. The molecule has 3 aliphatic carbocycles. The third-order valence-electron chi connectivity index (χ3n) is 9.36. The van der Waals surface area contributed by atoms with Crippen LogP contribution in [0, 0.1) is 23.2 Å². The quantitative estimate of drug-likeness (QED) is 0.285. The van der Waals surface area contributed by atoms with Crippen LogP contribution < -0.4 is 9.88 Å². The average molecular weight is 572 g/mol. The van der Waals surface area contributed by atoms with Crippen molar-refractivity contribution in [2.24, 2.45) is 28.3 Å². The summed E-state index contributed by atoms with van der Waals surface area (Å²) >= 11 is 6.23. The molecule has 3 unspecified atom stereocenters. The molecule has 3 aliphatic rings. The van der Waals surface area contributed by atoms with Crippen LogP contribution in [0.5, 0.6) is 5.75 Å². The number of carbonyl (C=O) groups excluding carboxylic acids is 2. The summed E-state index contributed by atoms with van der Waals surface area (Å²) in [5.41, 5.74) is 2.18. The van der Waals surface area contributed by atoms with Crippen molar-refractivity contribution in [2.75, 3.05) is 0 Å². The number of esters is 2. The Balaban J connectivity index is 1.43. The summed E-state index contributed by atoms with van der Waals surface area (Å²) in [6.07, 6.45) is 5.97. The number of benzene rings is 2. The van der Waals surface area contributed by atoms with E-state index in [4.69, 9.17) is 26.2 Å². The van der Waals surface area contributed by atoms with Gasteiger partial charge in [-0.2, -0.15) is 0 Å². The van der Waals surface area contributed by atoms with Crippen LogP contribution in [0.2, 0.25) is 5.02 Å². The van der Waals surface area contributed by atoms with Gasteiger partial charge in [-0.3, -0.25) is 4.79 Å². The number of rotatable bonds is 5. The highest BCUT2D eigenvalue weighted by Crippen LogP contribution is 2.65. The van der Waals surface area contributed by atoms with Gasteiger partial charge in [-0.25, -0.2) is 18.4 Å². The van der Waals surface area contributed by atoms with Crippen LogP contribution in [0.15, 0.2) is 53.9 Å². The molecule has 2 aromatic rings. The van der Waals surface area contributed by atoms with Crippen LogP contribution in [0.4, 0.5) is 0 Å². The molecule has 2 saturated carbocycles. The van der Waals surface area contributed by atoms with Crippen molar-refractivity contribution in [3.63, 3.8) is 0 Å². The van der Waals surface area contributed by atoms with Crippen molar-refractivity contribution in [2.45, 2.75) is 69.3 Å². The summed E-state index contributed by atoms with van der Waals surface area (Å²) in [6.45, 7) is 10.3. The molecular formula is C30H34ClNO6S. The van der Waals surface area contributed by atoms with Crippen LogP contribution in [0.1, 0.15) is 67.9 Å². The number of carbonyl (C=O) groups is 2. The Kier molecular flexibility index (Phi) is 6.97. The van der Waals surface area contributed by atoms with Gasteiger partial charge in [0.05, 0.1) is 15.5 Å². The number of ether oxygens (including phenoxy) is 2. The fourth-order valence-corrected chi connectivity index (χ4v) is 8.55. The second-order valence-electron chi connectivity index (χ2n) is 11.8. The number of hydrogen-bond acceptors (Lipinski definition) is 6. The van der Waals surface area contributed by atoms with E-state index in [1.165, 1.54) is 36.2 Å². The molecule has 0 aliphatic heterocycles. The van der Waals surface area contributed by atoms with Gasteiger partial charge in [-0.05, 0) is 96.7 Å². The summed E-state index contributed by atoms with van der Waals surface area (Å²) in [5.74, 6) is 0.511. The van der Waals surface area contributed by atoms with Gasteiger partial charge in [0.2, 0.25) is 10.0 Å². The Morgan fingerprint density at radius 2 is 1.92 bits per heavy atom. The molecule has 0 saturated heterocycles. The van der Waals surface area contributed by atoms with Crippen molar-refractivity contribution >= 4 is 33.6 Å². The Morgan fingerprint density at radius 1 is 1.18 bits per heavy atom. The van der Waals surface area contributed by atoms with E-state index in [1.807, 2.05) is 12.1 Å². The fourth-order valence-electron chi connectivity index (χ4n) is 7.81. The standard InChI is InChI=1S/C30H34ClNO6S/c1-5-30-11-10-29(4)16-21(38-28(34)23-15-22(39(32,35)36)7-9-26(23)31)14-25(29)27(30)17(2)12-19-13-20(37-18(3)33)6-8-24(19)30/h5-9,13,15,17,21,25,27H,1,10-12,14,16H2,2-4H3,(H2,32,35,36)/t17?,21-,25?,27?,29-,30-/m1/s1. The van der Waals surface area contributed by atoms with E-state index in [2.05, 4.69) is 32.6 Å². The van der Waals surface area contributed by atoms with Gasteiger partial charge >= 0.3 is 11.9 Å². The van der Waals surface area contributed by atoms with Gasteiger partial charge in [0, 0.05) is 12.3 Å². The van der Waals surface area contributed by atoms with Gasteiger partial charge in [0.15, 0.2) is 0 Å². The van der Waals surface area contributed by atoms with E-state index in [-0.39, 0.29) is 38.4 Å². The largest absolute Gasteiger partial charge is 0.459 e. The number of sulfonamides is 1. The molecule has 0 aromatic heterocycles. The zero-order valence-corrected chi connectivity index (χ0v) is 24.0. The number of allylic oxidation sites excluding steroid dienone is 1. The summed E-state index contributed by atoms with van der Waals surface area (Å²) in [4.78, 5) is 24.5. The zero-order valence-electron chi connectivity index (χ0n) is 22.4. The molecular weight excluding hydrogens is 538 g/mol. The first-order valence-electron chi connectivity index (χ1n) is 13.3. The number of hydrogen-bond donors (Lipinski definition) is 1. The van der Waals surface area contributed by atoms with Gasteiger partial charge in [-0.1, -0.05) is 37.6 Å². The van der Waals surface area contributed by atoms with Gasteiger partial charge in [0.25, 0.3) is 0 Å². The molecule has 9 heteroatoms. The highest BCUT2D eigenvalue weighted by atomic mass is 35.5. The molecule has 2 aromatic carbocycles. The van der Waals surface area contributed by atoms with Crippen LogP contribution >= 0.6 is 11.6 Å². The maximum atomic E-state index is 13.2. The number of halogens is 1. The molecule has 0 spiro atoms. The summed E-state index contributed by atoms with van der Waals surface area (Å²) in [5, 5.41) is 5.36. The van der Waals surface area contributed by atoms with Crippen LogP contribution in [-0.4, -0.2) is 26.5 Å². The highest BCUT2D eigenvalue weighted by Gasteiger charge is 2.60. The molecule has 6 atom stereocenters. The van der Waals surface area contributed by atoms with E-state index in [0.717, 1.165) is 25.7 Å². The zero-order chi connectivity index (χ0) is 28.3. The lowest BCUT2D eigenvalue weighted by atomic mass is 9.46. The predicted molar refractivity (Wildman–Crippen MR) is 148 cm³/mol. The normalized spacial score (nSPS) is 31.4. The van der Waals surface area contributed by atoms with Crippen molar-refractivity contribution in [1.29, 1.82) is 0 Å². The van der Waals surface area contributed by atoms with Gasteiger partial charge in [0.1, 0.15) is 11.9 Å². The lowest BCUT2D eigenvalue weighted by molar-refractivity contribution is -0.131. The van der Waals surface area contributed by atoms with Gasteiger partial charge < -0.3 is 9.47 Å². The van der Waals surface area contributed by atoms with Crippen LogP contribution in [-0.2, 0) is 31.4 Å². The van der Waals surface area contributed by atoms with Crippen molar-refractivity contribution < 1.29 is 27.5 Å². The highest BCUT2D eigenvalue weighted by molar-refractivity contribution is 7.89. The van der Waals surface area contributed by atoms with E-state index in [9.17, 15) is 18.0 Å². The SMILES string of the molecule is C=C[C@]12CC[C@]3(C)C[C@H](OC(=O)c4cc(S(N)(=O)=O)ccc4Cl)CC3C1C(C)Cc1cc(OC(C)=O)ccc12. The van der Waals surface area contributed by atoms with Crippen molar-refractivity contribution in [3.8, 4) is 5.75 Å². The lowest BCUT2D eigenvalue weighted by Gasteiger charge is -2.57. The van der Waals surface area contributed by atoms with Crippen LogP contribution in [0.25, 0.3) is 0 Å². The number of fused-ring (bicyclic) bond motifs is 5. The van der Waals surface area contributed by atoms with E-state index in [1.54, 1.807) is 0 Å². The number of nitrogens with two attached hydrogens (primary N) is 1. The first kappa shape index (κ1) is 27.9. The fraction of sp³-hybridized carbons (Fsp3) is 0.467. The Labute approximate surface area is 234 Å². The maximum Gasteiger partial charge on any atom is 0.339 e. The minimum atomic E-state index is -3.99. The molecule has 5 rings (SSSR count). The molecule has 208 valence electrons. The Morgan fingerprint density at radius 3 is 2.59 bits per heavy atom. The van der Waals surface area contributed by atoms with E-state index < -0.39 is 16.0 Å². The molecule has 39 heavy (non-hydrogen) atoms. The van der Waals surface area contributed by atoms with Crippen molar-refractivity contribution in [3.05, 3.63) is 70.8 Å². The first-order valence-corrected chi connectivity index (χ1v) is 15.2. The summed E-state index contributed by atoms with van der Waals surface area (Å²) in [6, 6.07) is 9.73.